The molecule has 1 rings (SSSR count). The summed E-state index contributed by atoms with van der Waals surface area (Å²) in [6, 6.07) is 6.72. The lowest BCUT2D eigenvalue weighted by atomic mass is 10.1. The van der Waals surface area contributed by atoms with Gasteiger partial charge in [-0.2, -0.15) is 0 Å². The van der Waals surface area contributed by atoms with E-state index in [1.165, 1.54) is 6.92 Å². The molecule has 0 radical (unpaired) electrons. The van der Waals surface area contributed by atoms with Crippen molar-refractivity contribution in [3.8, 4) is 0 Å². The fraction of sp³-hybridized carbons (Fsp3) is 0.333. The minimum atomic E-state index is -1.03. The number of aliphatic carboxylic acids is 1. The highest BCUT2D eigenvalue weighted by molar-refractivity contribution is 5.84. The molecule has 0 heterocycles. The lowest BCUT2D eigenvalue weighted by molar-refractivity contribution is -0.141. The Morgan fingerprint density at radius 1 is 1.44 bits per heavy atom. The lowest BCUT2D eigenvalue weighted by Gasteiger charge is -2.09. The van der Waals surface area contributed by atoms with Crippen LogP contribution in [0.2, 0.25) is 0 Å². The Bertz CT molecular complexity index is 401. The van der Waals surface area contributed by atoms with Crippen LogP contribution in [0.4, 0.5) is 0 Å². The number of rotatable bonds is 4. The molecule has 86 valence electrons. The van der Waals surface area contributed by atoms with Crippen LogP contribution in [-0.2, 0) is 16.0 Å². The molecule has 0 aromatic heterocycles. The van der Waals surface area contributed by atoms with Gasteiger partial charge in [-0.15, -0.1) is 0 Å². The second kappa shape index (κ2) is 5.30. The van der Waals surface area contributed by atoms with Gasteiger partial charge in [-0.25, -0.2) is 0 Å². The van der Waals surface area contributed by atoms with Gasteiger partial charge in [-0.05, 0) is 19.4 Å². The van der Waals surface area contributed by atoms with E-state index in [2.05, 4.69) is 5.32 Å². The van der Waals surface area contributed by atoms with Crippen LogP contribution in [0.1, 0.15) is 18.1 Å². The van der Waals surface area contributed by atoms with Gasteiger partial charge in [0.05, 0.1) is 6.42 Å². The fourth-order valence-electron chi connectivity index (χ4n) is 1.36. The van der Waals surface area contributed by atoms with Gasteiger partial charge in [0.25, 0.3) is 0 Å². The van der Waals surface area contributed by atoms with E-state index in [1.54, 1.807) is 0 Å². The van der Waals surface area contributed by atoms with Crippen molar-refractivity contribution < 1.29 is 14.7 Å². The predicted molar refractivity (Wildman–Crippen MR) is 60.1 cm³/mol. The normalized spacial score (nSPS) is 11.9. The summed E-state index contributed by atoms with van der Waals surface area (Å²) >= 11 is 0. The van der Waals surface area contributed by atoms with Crippen molar-refractivity contribution in [3.05, 3.63) is 35.4 Å². The molecule has 1 aromatic carbocycles. The number of benzene rings is 1. The maximum absolute atomic E-state index is 11.5. The van der Waals surface area contributed by atoms with E-state index in [4.69, 9.17) is 5.11 Å². The molecule has 0 spiro atoms. The Kier molecular flexibility index (Phi) is 4.05. The molecule has 16 heavy (non-hydrogen) atoms. The molecule has 1 atom stereocenters. The van der Waals surface area contributed by atoms with Crippen molar-refractivity contribution >= 4 is 11.9 Å². The zero-order valence-electron chi connectivity index (χ0n) is 9.36. The van der Waals surface area contributed by atoms with Crippen LogP contribution in [0.5, 0.6) is 0 Å². The van der Waals surface area contributed by atoms with Gasteiger partial charge >= 0.3 is 5.97 Å². The average molecular weight is 221 g/mol. The molecular weight excluding hydrogens is 206 g/mol. The second-order valence-corrected chi connectivity index (χ2v) is 3.79. The maximum Gasteiger partial charge on any atom is 0.325 e. The Labute approximate surface area is 94.3 Å². The smallest absolute Gasteiger partial charge is 0.325 e. The number of aryl methyl sites for hydroxylation is 1. The standard InChI is InChI=1S/C12H15NO3/c1-8-4-3-5-10(6-8)7-11(14)13-9(2)12(15)16/h3-6,9H,7H2,1-2H3,(H,13,14)(H,15,16)/t9-/m0/s1. The zero-order valence-corrected chi connectivity index (χ0v) is 9.36. The number of carboxylic acids is 1. The van der Waals surface area contributed by atoms with Crippen LogP contribution in [0.15, 0.2) is 24.3 Å². The van der Waals surface area contributed by atoms with Crippen molar-refractivity contribution in [2.45, 2.75) is 26.3 Å². The SMILES string of the molecule is Cc1cccc(CC(=O)N[C@@H](C)C(=O)O)c1. The topological polar surface area (TPSA) is 66.4 Å². The van der Waals surface area contributed by atoms with Crippen molar-refractivity contribution in [3.63, 3.8) is 0 Å². The molecule has 2 N–H and O–H groups in total. The van der Waals surface area contributed by atoms with E-state index in [9.17, 15) is 9.59 Å². The number of carboxylic acid groups (broad SMARTS) is 1. The van der Waals surface area contributed by atoms with Gasteiger partial charge in [-0.1, -0.05) is 29.8 Å². The number of carbonyl (C=O) groups excluding carboxylic acids is 1. The fourth-order valence-corrected chi connectivity index (χ4v) is 1.36. The first-order valence-electron chi connectivity index (χ1n) is 5.07. The van der Waals surface area contributed by atoms with Gasteiger partial charge < -0.3 is 10.4 Å². The van der Waals surface area contributed by atoms with Crippen LogP contribution in [0.25, 0.3) is 0 Å². The summed E-state index contributed by atoms with van der Waals surface area (Å²) in [5.74, 6) is -1.31. The minimum Gasteiger partial charge on any atom is -0.480 e. The van der Waals surface area contributed by atoms with Crippen molar-refractivity contribution in [1.29, 1.82) is 0 Å². The summed E-state index contributed by atoms with van der Waals surface area (Å²) in [6.45, 7) is 3.39. The molecule has 0 fully saturated rings. The van der Waals surface area contributed by atoms with Gasteiger partial charge in [0.1, 0.15) is 6.04 Å². The third-order valence-corrected chi connectivity index (χ3v) is 2.20. The van der Waals surface area contributed by atoms with Gasteiger partial charge in [0.2, 0.25) is 5.91 Å². The Hall–Kier alpha value is -1.84. The highest BCUT2D eigenvalue weighted by Crippen LogP contribution is 2.04. The summed E-state index contributed by atoms with van der Waals surface area (Å²) in [5.41, 5.74) is 1.96. The largest absolute Gasteiger partial charge is 0.480 e. The molecule has 0 saturated carbocycles. The maximum atomic E-state index is 11.5. The number of hydrogen-bond donors (Lipinski definition) is 2. The zero-order chi connectivity index (χ0) is 12.1. The van der Waals surface area contributed by atoms with E-state index in [-0.39, 0.29) is 12.3 Å². The Morgan fingerprint density at radius 3 is 2.69 bits per heavy atom. The molecule has 0 unspecified atom stereocenters. The Morgan fingerprint density at radius 2 is 2.12 bits per heavy atom. The van der Waals surface area contributed by atoms with E-state index in [1.807, 2.05) is 31.2 Å². The van der Waals surface area contributed by atoms with Crippen LogP contribution in [0, 0.1) is 6.92 Å². The van der Waals surface area contributed by atoms with Crippen molar-refractivity contribution in [1.82, 2.24) is 5.32 Å². The summed E-state index contributed by atoms with van der Waals surface area (Å²) < 4.78 is 0. The second-order valence-electron chi connectivity index (χ2n) is 3.79. The molecule has 1 amide bonds. The molecule has 0 aliphatic rings. The van der Waals surface area contributed by atoms with E-state index in [0.29, 0.717) is 0 Å². The highest BCUT2D eigenvalue weighted by atomic mass is 16.4. The number of nitrogens with one attached hydrogen (secondary N) is 1. The molecule has 0 saturated heterocycles. The quantitative estimate of drug-likeness (QED) is 0.800. The van der Waals surface area contributed by atoms with E-state index in [0.717, 1.165) is 11.1 Å². The third kappa shape index (κ3) is 3.73. The van der Waals surface area contributed by atoms with Gasteiger partial charge in [0.15, 0.2) is 0 Å². The first kappa shape index (κ1) is 12.2. The molecule has 4 nitrogen and oxygen atoms in total. The van der Waals surface area contributed by atoms with Crippen molar-refractivity contribution in [2.24, 2.45) is 0 Å². The first-order valence-corrected chi connectivity index (χ1v) is 5.07. The van der Waals surface area contributed by atoms with E-state index < -0.39 is 12.0 Å². The minimum absolute atomic E-state index is 0.208. The monoisotopic (exact) mass is 221 g/mol. The van der Waals surface area contributed by atoms with Crippen LogP contribution in [-0.4, -0.2) is 23.0 Å². The summed E-state index contributed by atoms with van der Waals surface area (Å²) in [7, 11) is 0. The molecular formula is C12H15NO3. The van der Waals surface area contributed by atoms with Crippen molar-refractivity contribution in [2.75, 3.05) is 0 Å². The summed E-state index contributed by atoms with van der Waals surface area (Å²) in [5, 5.41) is 11.0. The number of amides is 1. The van der Waals surface area contributed by atoms with Gasteiger partial charge in [-0.3, -0.25) is 9.59 Å². The third-order valence-electron chi connectivity index (χ3n) is 2.20. The molecule has 0 aliphatic heterocycles. The summed E-state index contributed by atoms with van der Waals surface area (Å²) in [6.07, 6.45) is 0.208. The molecule has 0 aliphatic carbocycles. The Balaban J connectivity index is 2.55. The lowest BCUT2D eigenvalue weighted by Crippen LogP contribution is -2.39. The van der Waals surface area contributed by atoms with Crippen LogP contribution in [0.3, 0.4) is 0 Å². The molecule has 0 bridgehead atoms. The number of hydrogen-bond acceptors (Lipinski definition) is 2. The summed E-state index contributed by atoms with van der Waals surface area (Å²) in [4.78, 5) is 22.0. The number of carbonyl (C=O) groups is 2. The van der Waals surface area contributed by atoms with E-state index >= 15 is 0 Å². The van der Waals surface area contributed by atoms with Gasteiger partial charge in [0, 0.05) is 0 Å². The predicted octanol–water partition coefficient (Wildman–Crippen LogP) is 1.13. The first-order chi connectivity index (χ1) is 7.49. The highest BCUT2D eigenvalue weighted by Gasteiger charge is 2.13. The van der Waals surface area contributed by atoms with Crippen LogP contribution < -0.4 is 5.32 Å². The average Bonchev–Trinajstić information content (AvgIpc) is 2.16. The van der Waals surface area contributed by atoms with Crippen LogP contribution >= 0.6 is 0 Å². The molecule has 1 aromatic rings. The molecule has 4 heteroatoms.